The van der Waals surface area contributed by atoms with E-state index in [4.69, 9.17) is 5.73 Å². The Morgan fingerprint density at radius 2 is 2.17 bits per heavy atom. The summed E-state index contributed by atoms with van der Waals surface area (Å²) in [6.45, 7) is 1.41. The quantitative estimate of drug-likeness (QED) is 0.662. The van der Waals surface area contributed by atoms with E-state index in [1.165, 1.54) is 11.3 Å². The molecule has 4 rings (SSSR count). The summed E-state index contributed by atoms with van der Waals surface area (Å²) < 4.78 is 1.69. The number of primary amides is 1. The zero-order valence-corrected chi connectivity index (χ0v) is 16.7. The molecule has 1 saturated heterocycles. The maximum absolute atomic E-state index is 12.5. The first kappa shape index (κ1) is 19.1. The predicted molar refractivity (Wildman–Crippen MR) is 111 cm³/mol. The fourth-order valence-corrected chi connectivity index (χ4v) is 4.08. The number of thiazole rings is 1. The number of hydrogen-bond donors (Lipinski definition) is 2. The molecule has 0 aromatic carbocycles. The van der Waals surface area contributed by atoms with Crippen LogP contribution in [0.4, 0.5) is 11.5 Å². The molecule has 1 atom stereocenters. The Kier molecular flexibility index (Phi) is 5.26. The number of anilines is 2. The zero-order chi connectivity index (χ0) is 20.4. The van der Waals surface area contributed by atoms with Gasteiger partial charge in [-0.25, -0.2) is 9.97 Å². The number of pyridine rings is 1. The standard InChI is InChI=1S/C19H21N7O2S/c1-25-9-13(7-22-25)19-24-15(11-29-19)18(28)23-14-4-5-16(21-8-14)26-6-2-3-12(10-26)17(20)27/h4-5,7-9,11-12H,2-3,6,10H2,1H3,(H2,20,27)(H,23,28). The first-order valence-electron chi connectivity index (χ1n) is 9.26. The third-order valence-electron chi connectivity index (χ3n) is 4.84. The lowest BCUT2D eigenvalue weighted by atomic mass is 9.97. The van der Waals surface area contributed by atoms with Crippen LogP contribution in [0.25, 0.3) is 10.6 Å². The van der Waals surface area contributed by atoms with Crippen LogP contribution in [0.5, 0.6) is 0 Å². The summed E-state index contributed by atoms with van der Waals surface area (Å²) in [6, 6.07) is 3.63. The van der Waals surface area contributed by atoms with Crippen molar-refractivity contribution in [3.8, 4) is 10.6 Å². The van der Waals surface area contributed by atoms with Crippen LogP contribution in [-0.4, -0.2) is 44.7 Å². The molecule has 1 unspecified atom stereocenters. The molecule has 1 aliphatic rings. The summed E-state index contributed by atoms with van der Waals surface area (Å²) in [6.07, 6.45) is 6.89. The predicted octanol–water partition coefficient (Wildman–Crippen LogP) is 1.89. The summed E-state index contributed by atoms with van der Waals surface area (Å²) in [5.74, 6) is 0.0512. The third-order valence-corrected chi connectivity index (χ3v) is 5.73. The van der Waals surface area contributed by atoms with Gasteiger partial charge < -0.3 is 16.0 Å². The molecule has 0 saturated carbocycles. The number of aromatic nitrogens is 4. The number of amides is 2. The molecule has 2 amide bonds. The minimum Gasteiger partial charge on any atom is -0.369 e. The first-order valence-corrected chi connectivity index (χ1v) is 10.1. The van der Waals surface area contributed by atoms with Crippen LogP contribution in [0, 0.1) is 5.92 Å². The minimum atomic E-state index is -0.294. The van der Waals surface area contributed by atoms with Crippen molar-refractivity contribution in [3.63, 3.8) is 0 Å². The minimum absolute atomic E-state index is 0.149. The van der Waals surface area contributed by atoms with Crippen molar-refractivity contribution in [2.45, 2.75) is 12.8 Å². The molecule has 3 aromatic heterocycles. The third kappa shape index (κ3) is 4.27. The van der Waals surface area contributed by atoms with Gasteiger partial charge in [-0.3, -0.25) is 14.3 Å². The van der Waals surface area contributed by atoms with Crippen LogP contribution in [-0.2, 0) is 11.8 Å². The van der Waals surface area contributed by atoms with Crippen molar-refractivity contribution in [2.75, 3.05) is 23.3 Å². The summed E-state index contributed by atoms with van der Waals surface area (Å²) in [5, 5.41) is 9.40. The summed E-state index contributed by atoms with van der Waals surface area (Å²) in [4.78, 5) is 34.8. The second kappa shape index (κ2) is 8.00. The highest BCUT2D eigenvalue weighted by Crippen LogP contribution is 2.24. The van der Waals surface area contributed by atoms with Crippen molar-refractivity contribution in [1.82, 2.24) is 19.7 Å². The van der Waals surface area contributed by atoms with Crippen LogP contribution in [0.2, 0.25) is 0 Å². The van der Waals surface area contributed by atoms with E-state index in [1.807, 2.05) is 24.2 Å². The Morgan fingerprint density at radius 1 is 1.31 bits per heavy atom. The molecule has 0 radical (unpaired) electrons. The maximum Gasteiger partial charge on any atom is 0.275 e. The second-order valence-electron chi connectivity index (χ2n) is 6.99. The van der Waals surface area contributed by atoms with Crippen molar-refractivity contribution >= 4 is 34.7 Å². The van der Waals surface area contributed by atoms with E-state index in [0.717, 1.165) is 35.8 Å². The summed E-state index contributed by atoms with van der Waals surface area (Å²) >= 11 is 1.39. The number of rotatable bonds is 5. The number of carbonyl (C=O) groups is 2. The first-order chi connectivity index (χ1) is 14.0. The number of piperidine rings is 1. The van der Waals surface area contributed by atoms with Gasteiger partial charge in [-0.2, -0.15) is 5.10 Å². The molecule has 3 N–H and O–H groups in total. The summed E-state index contributed by atoms with van der Waals surface area (Å²) in [7, 11) is 1.83. The highest BCUT2D eigenvalue weighted by molar-refractivity contribution is 7.13. The average Bonchev–Trinajstić information content (AvgIpc) is 3.38. The van der Waals surface area contributed by atoms with Gasteiger partial charge in [0.2, 0.25) is 5.91 Å². The molecule has 150 valence electrons. The molecule has 9 nitrogen and oxygen atoms in total. The van der Waals surface area contributed by atoms with Gasteiger partial charge >= 0.3 is 0 Å². The van der Waals surface area contributed by atoms with Crippen LogP contribution >= 0.6 is 11.3 Å². The van der Waals surface area contributed by atoms with Crippen LogP contribution in [0.3, 0.4) is 0 Å². The SMILES string of the molecule is Cn1cc(-c2nc(C(=O)Nc3ccc(N4CCCC(C(N)=O)C4)nc3)cs2)cn1. The maximum atomic E-state index is 12.5. The lowest BCUT2D eigenvalue weighted by molar-refractivity contribution is -0.122. The highest BCUT2D eigenvalue weighted by Gasteiger charge is 2.24. The highest BCUT2D eigenvalue weighted by atomic mass is 32.1. The Balaban J connectivity index is 1.40. The lowest BCUT2D eigenvalue weighted by Crippen LogP contribution is -2.41. The Hall–Kier alpha value is -3.27. The molecule has 3 aromatic rings. The second-order valence-corrected chi connectivity index (χ2v) is 7.85. The van der Waals surface area contributed by atoms with E-state index in [9.17, 15) is 9.59 Å². The largest absolute Gasteiger partial charge is 0.369 e. The molecule has 10 heteroatoms. The van der Waals surface area contributed by atoms with E-state index in [-0.39, 0.29) is 17.7 Å². The monoisotopic (exact) mass is 411 g/mol. The van der Waals surface area contributed by atoms with E-state index in [0.29, 0.717) is 17.9 Å². The van der Waals surface area contributed by atoms with Crippen molar-refractivity contribution in [1.29, 1.82) is 0 Å². The van der Waals surface area contributed by atoms with Crippen molar-refractivity contribution < 1.29 is 9.59 Å². The van der Waals surface area contributed by atoms with E-state index in [2.05, 4.69) is 20.4 Å². The molecular weight excluding hydrogens is 390 g/mol. The molecule has 0 bridgehead atoms. The van der Waals surface area contributed by atoms with Gasteiger partial charge in [0.1, 0.15) is 16.5 Å². The Bertz CT molecular complexity index is 1030. The molecule has 0 spiro atoms. The van der Waals surface area contributed by atoms with E-state index >= 15 is 0 Å². The number of hydrogen-bond acceptors (Lipinski definition) is 7. The molecular formula is C19H21N7O2S. The van der Waals surface area contributed by atoms with Gasteiger partial charge in [0.15, 0.2) is 0 Å². The Morgan fingerprint density at radius 3 is 2.86 bits per heavy atom. The van der Waals surface area contributed by atoms with Gasteiger partial charge in [0.05, 0.1) is 24.0 Å². The number of nitrogens with one attached hydrogen (secondary N) is 1. The van der Waals surface area contributed by atoms with Crippen molar-refractivity contribution in [3.05, 3.63) is 41.8 Å². The van der Waals surface area contributed by atoms with Gasteiger partial charge in [0.25, 0.3) is 5.91 Å². The normalized spacial score (nSPS) is 16.6. The molecule has 4 heterocycles. The smallest absolute Gasteiger partial charge is 0.275 e. The van der Waals surface area contributed by atoms with Gasteiger partial charge in [-0.1, -0.05) is 0 Å². The number of nitrogens with zero attached hydrogens (tertiary/aromatic N) is 5. The van der Waals surface area contributed by atoms with E-state index in [1.54, 1.807) is 28.5 Å². The molecule has 1 aliphatic heterocycles. The number of nitrogens with two attached hydrogens (primary N) is 1. The van der Waals surface area contributed by atoms with Gasteiger partial charge in [0, 0.05) is 37.3 Å². The number of carbonyl (C=O) groups excluding carboxylic acids is 2. The topological polar surface area (TPSA) is 119 Å². The molecule has 0 aliphatic carbocycles. The molecule has 1 fully saturated rings. The Labute approximate surface area is 171 Å². The van der Waals surface area contributed by atoms with Crippen LogP contribution in [0.1, 0.15) is 23.3 Å². The van der Waals surface area contributed by atoms with E-state index < -0.39 is 0 Å². The summed E-state index contributed by atoms with van der Waals surface area (Å²) in [5.41, 5.74) is 7.24. The number of aryl methyl sites for hydroxylation is 1. The lowest BCUT2D eigenvalue weighted by Gasteiger charge is -2.32. The fraction of sp³-hybridized carbons (Fsp3) is 0.316. The van der Waals surface area contributed by atoms with Crippen LogP contribution in [0.15, 0.2) is 36.1 Å². The van der Waals surface area contributed by atoms with Gasteiger partial charge in [-0.05, 0) is 25.0 Å². The van der Waals surface area contributed by atoms with Crippen molar-refractivity contribution in [2.24, 2.45) is 18.7 Å². The zero-order valence-electron chi connectivity index (χ0n) is 15.9. The van der Waals surface area contributed by atoms with Crippen LogP contribution < -0.4 is 16.0 Å². The molecule has 29 heavy (non-hydrogen) atoms. The van der Waals surface area contributed by atoms with Gasteiger partial charge in [-0.15, -0.1) is 11.3 Å². The average molecular weight is 411 g/mol. The fourth-order valence-electron chi connectivity index (χ4n) is 3.30.